The van der Waals surface area contributed by atoms with Crippen LogP contribution in [0.2, 0.25) is 0 Å². The number of aliphatic hydroxyl groups is 1. The standard InChI is InChI=1S/C18H27NO3/c1-14(10-16-7-3-4-8-17(16)22-2)11-18(21)19-9-5-6-15(12-19)13-20/h3-4,7-8,14-15,20H,5-6,9-13H2,1-2H3. The number of methoxy groups -OCH3 is 1. The maximum Gasteiger partial charge on any atom is 0.222 e. The van der Waals surface area contributed by atoms with Crippen LogP contribution in [0.1, 0.15) is 31.7 Å². The van der Waals surface area contributed by atoms with E-state index in [-0.39, 0.29) is 24.3 Å². The van der Waals surface area contributed by atoms with E-state index in [2.05, 4.69) is 13.0 Å². The molecule has 1 saturated heterocycles. The molecule has 1 amide bonds. The zero-order valence-corrected chi connectivity index (χ0v) is 13.6. The summed E-state index contributed by atoms with van der Waals surface area (Å²) < 4.78 is 5.37. The van der Waals surface area contributed by atoms with Gasteiger partial charge in [-0.15, -0.1) is 0 Å². The third-order valence-corrected chi connectivity index (χ3v) is 4.41. The largest absolute Gasteiger partial charge is 0.496 e. The van der Waals surface area contributed by atoms with Gasteiger partial charge in [0.1, 0.15) is 5.75 Å². The fourth-order valence-electron chi connectivity index (χ4n) is 3.19. The van der Waals surface area contributed by atoms with Crippen LogP contribution in [0.15, 0.2) is 24.3 Å². The van der Waals surface area contributed by atoms with Gasteiger partial charge in [-0.3, -0.25) is 4.79 Å². The number of carbonyl (C=O) groups excluding carboxylic acids is 1. The van der Waals surface area contributed by atoms with Gasteiger partial charge in [0.25, 0.3) is 0 Å². The molecule has 1 heterocycles. The van der Waals surface area contributed by atoms with Gasteiger partial charge in [0.2, 0.25) is 5.91 Å². The van der Waals surface area contributed by atoms with Crippen LogP contribution in [0.25, 0.3) is 0 Å². The molecule has 2 unspecified atom stereocenters. The average Bonchev–Trinajstić information content (AvgIpc) is 2.55. The first-order valence-electron chi connectivity index (χ1n) is 8.14. The summed E-state index contributed by atoms with van der Waals surface area (Å²) in [6.07, 6.45) is 3.41. The lowest BCUT2D eigenvalue weighted by Gasteiger charge is -2.32. The lowest BCUT2D eigenvalue weighted by Crippen LogP contribution is -2.41. The summed E-state index contributed by atoms with van der Waals surface area (Å²) >= 11 is 0. The maximum atomic E-state index is 12.4. The highest BCUT2D eigenvalue weighted by Gasteiger charge is 2.24. The minimum absolute atomic E-state index is 0.181. The molecular formula is C18H27NO3. The normalized spacial score (nSPS) is 19.8. The molecule has 4 heteroatoms. The molecule has 1 aromatic carbocycles. The molecule has 1 N–H and O–H groups in total. The summed E-state index contributed by atoms with van der Waals surface area (Å²) in [5, 5.41) is 9.27. The Balaban J connectivity index is 1.88. The summed E-state index contributed by atoms with van der Waals surface area (Å²) in [7, 11) is 1.68. The molecular weight excluding hydrogens is 278 g/mol. The van der Waals surface area contributed by atoms with Crippen molar-refractivity contribution in [1.29, 1.82) is 0 Å². The average molecular weight is 305 g/mol. The molecule has 0 bridgehead atoms. The Morgan fingerprint density at radius 3 is 2.95 bits per heavy atom. The number of hydrogen-bond acceptors (Lipinski definition) is 3. The zero-order chi connectivity index (χ0) is 15.9. The molecule has 22 heavy (non-hydrogen) atoms. The highest BCUT2D eigenvalue weighted by Crippen LogP contribution is 2.23. The topological polar surface area (TPSA) is 49.8 Å². The summed E-state index contributed by atoms with van der Waals surface area (Å²) in [4.78, 5) is 14.3. The fourth-order valence-corrected chi connectivity index (χ4v) is 3.19. The number of benzene rings is 1. The lowest BCUT2D eigenvalue weighted by molar-refractivity contribution is -0.134. The molecule has 0 spiro atoms. The van der Waals surface area contributed by atoms with Crippen molar-refractivity contribution in [2.45, 2.75) is 32.6 Å². The monoisotopic (exact) mass is 305 g/mol. The smallest absolute Gasteiger partial charge is 0.222 e. The molecule has 0 radical (unpaired) electrons. The number of para-hydroxylation sites is 1. The van der Waals surface area contributed by atoms with Crippen LogP contribution >= 0.6 is 0 Å². The van der Waals surface area contributed by atoms with E-state index in [1.54, 1.807) is 7.11 Å². The van der Waals surface area contributed by atoms with Gasteiger partial charge in [-0.25, -0.2) is 0 Å². The maximum absolute atomic E-state index is 12.4. The Morgan fingerprint density at radius 2 is 2.23 bits per heavy atom. The molecule has 1 aliphatic heterocycles. The molecule has 2 atom stereocenters. The van der Waals surface area contributed by atoms with Crippen molar-refractivity contribution in [2.75, 3.05) is 26.8 Å². The number of hydrogen-bond donors (Lipinski definition) is 1. The number of piperidine rings is 1. The van der Waals surface area contributed by atoms with Crippen molar-refractivity contribution in [3.8, 4) is 5.75 Å². The van der Waals surface area contributed by atoms with Crippen LogP contribution in [0.5, 0.6) is 5.75 Å². The second-order valence-electron chi connectivity index (χ2n) is 6.36. The summed E-state index contributed by atoms with van der Waals surface area (Å²) in [6.45, 7) is 3.83. The van der Waals surface area contributed by atoms with E-state index in [9.17, 15) is 9.90 Å². The van der Waals surface area contributed by atoms with Crippen molar-refractivity contribution in [3.63, 3.8) is 0 Å². The van der Waals surface area contributed by atoms with E-state index in [0.29, 0.717) is 13.0 Å². The number of ether oxygens (including phenoxy) is 1. The van der Waals surface area contributed by atoms with Gasteiger partial charge in [-0.05, 0) is 42.7 Å². The highest BCUT2D eigenvalue weighted by molar-refractivity contribution is 5.76. The van der Waals surface area contributed by atoms with E-state index in [4.69, 9.17) is 4.74 Å². The van der Waals surface area contributed by atoms with Gasteiger partial charge in [-0.1, -0.05) is 25.1 Å². The van der Waals surface area contributed by atoms with Crippen molar-refractivity contribution >= 4 is 5.91 Å². The second-order valence-corrected chi connectivity index (χ2v) is 6.36. The molecule has 1 fully saturated rings. The summed E-state index contributed by atoms with van der Waals surface area (Å²) in [5.41, 5.74) is 1.15. The van der Waals surface area contributed by atoms with Gasteiger partial charge in [0.15, 0.2) is 0 Å². The number of aliphatic hydroxyl groups excluding tert-OH is 1. The van der Waals surface area contributed by atoms with Crippen molar-refractivity contribution in [2.24, 2.45) is 11.8 Å². The minimum atomic E-state index is 0.181. The Kier molecular flexibility index (Phi) is 6.25. The van der Waals surface area contributed by atoms with Gasteiger partial charge in [0.05, 0.1) is 7.11 Å². The van der Waals surface area contributed by atoms with Crippen LogP contribution in [0.4, 0.5) is 0 Å². The second kappa shape index (κ2) is 8.18. The number of nitrogens with zero attached hydrogens (tertiary/aromatic N) is 1. The first kappa shape index (κ1) is 16.8. The molecule has 1 aliphatic rings. The molecule has 2 rings (SSSR count). The van der Waals surface area contributed by atoms with E-state index >= 15 is 0 Å². The molecule has 0 aliphatic carbocycles. The molecule has 0 saturated carbocycles. The number of amides is 1. The van der Waals surface area contributed by atoms with Gasteiger partial charge >= 0.3 is 0 Å². The van der Waals surface area contributed by atoms with Crippen LogP contribution < -0.4 is 4.74 Å². The van der Waals surface area contributed by atoms with Crippen LogP contribution in [0, 0.1) is 11.8 Å². The third-order valence-electron chi connectivity index (χ3n) is 4.41. The predicted octanol–water partition coefficient (Wildman–Crippen LogP) is 2.49. The molecule has 4 nitrogen and oxygen atoms in total. The van der Waals surface area contributed by atoms with E-state index in [0.717, 1.165) is 37.1 Å². The van der Waals surface area contributed by atoms with E-state index < -0.39 is 0 Å². The van der Waals surface area contributed by atoms with Crippen LogP contribution in [-0.4, -0.2) is 42.7 Å². The molecule has 1 aromatic rings. The summed E-state index contributed by atoms with van der Waals surface area (Å²) in [5.74, 6) is 1.63. The predicted molar refractivity (Wildman–Crippen MR) is 86.9 cm³/mol. The number of rotatable bonds is 6. The van der Waals surface area contributed by atoms with E-state index in [1.807, 2.05) is 23.1 Å². The Morgan fingerprint density at radius 1 is 1.45 bits per heavy atom. The lowest BCUT2D eigenvalue weighted by atomic mass is 9.95. The van der Waals surface area contributed by atoms with Crippen molar-refractivity contribution < 1.29 is 14.6 Å². The highest BCUT2D eigenvalue weighted by atomic mass is 16.5. The fraction of sp³-hybridized carbons (Fsp3) is 0.611. The van der Waals surface area contributed by atoms with Crippen molar-refractivity contribution in [1.82, 2.24) is 4.90 Å². The first-order valence-corrected chi connectivity index (χ1v) is 8.14. The van der Waals surface area contributed by atoms with E-state index in [1.165, 1.54) is 0 Å². The SMILES string of the molecule is COc1ccccc1CC(C)CC(=O)N1CCCC(CO)C1. The van der Waals surface area contributed by atoms with Gasteiger partial charge < -0.3 is 14.7 Å². The first-order chi connectivity index (χ1) is 10.6. The Labute approximate surface area is 133 Å². The van der Waals surface area contributed by atoms with Crippen LogP contribution in [-0.2, 0) is 11.2 Å². The van der Waals surface area contributed by atoms with Crippen LogP contribution in [0.3, 0.4) is 0 Å². The molecule has 0 aromatic heterocycles. The van der Waals surface area contributed by atoms with Gasteiger partial charge in [0, 0.05) is 26.1 Å². The third kappa shape index (κ3) is 4.47. The number of likely N-dealkylation sites (tertiary alicyclic amines) is 1. The number of carbonyl (C=O) groups is 1. The Hall–Kier alpha value is -1.55. The van der Waals surface area contributed by atoms with Crippen molar-refractivity contribution in [3.05, 3.63) is 29.8 Å². The quantitative estimate of drug-likeness (QED) is 0.878. The summed E-state index contributed by atoms with van der Waals surface area (Å²) in [6, 6.07) is 7.98. The Bertz CT molecular complexity index is 489. The zero-order valence-electron chi connectivity index (χ0n) is 13.6. The van der Waals surface area contributed by atoms with Gasteiger partial charge in [-0.2, -0.15) is 0 Å². The minimum Gasteiger partial charge on any atom is -0.496 e. The molecule has 122 valence electrons.